The quantitative estimate of drug-likeness (QED) is 0.585. The molecule has 0 atom stereocenters. The molecule has 0 radical (unpaired) electrons. The van der Waals surface area contributed by atoms with Gasteiger partial charge in [0.15, 0.2) is 0 Å². The summed E-state index contributed by atoms with van der Waals surface area (Å²) in [5.74, 6) is -1.89. The molecule has 2 aromatic rings. The van der Waals surface area contributed by atoms with Gasteiger partial charge in [-0.25, -0.2) is 0 Å². The first-order valence-electron chi connectivity index (χ1n) is 8.20. The molecule has 2 amide bonds. The Balaban J connectivity index is 1.99. The van der Waals surface area contributed by atoms with Crippen LogP contribution in [-0.2, 0) is 9.59 Å². The van der Waals surface area contributed by atoms with E-state index in [4.69, 9.17) is 9.47 Å². The molecule has 0 heterocycles. The summed E-state index contributed by atoms with van der Waals surface area (Å²) >= 11 is 0. The van der Waals surface area contributed by atoms with Crippen LogP contribution in [0.25, 0.3) is 0 Å². The average molecular weight is 382 g/mol. The van der Waals surface area contributed by atoms with Gasteiger partial charge in [0.1, 0.15) is 11.5 Å². The van der Waals surface area contributed by atoms with Crippen LogP contribution < -0.4 is 20.1 Å². The van der Waals surface area contributed by atoms with Gasteiger partial charge in [-0.1, -0.05) is 24.3 Å². The molecule has 0 saturated carbocycles. The van der Waals surface area contributed by atoms with Crippen molar-refractivity contribution in [1.29, 1.82) is 0 Å². The standard InChI is InChI=1S/C20H18N2O6/c1-13(23)27-17-9-5-3-7-15(17)19(25)21-11-12-22-20(26)16-8-4-6-10-18(16)28-14(2)24/h3-12H,1-2H3,(H,21,25)(H,22,26). The topological polar surface area (TPSA) is 111 Å². The van der Waals surface area contributed by atoms with Crippen molar-refractivity contribution in [3.63, 3.8) is 0 Å². The van der Waals surface area contributed by atoms with Crippen LogP contribution in [0.2, 0.25) is 0 Å². The average Bonchev–Trinajstić information content (AvgIpc) is 2.65. The molecule has 0 aliphatic heterocycles. The van der Waals surface area contributed by atoms with Gasteiger partial charge in [-0.15, -0.1) is 0 Å². The number of carbonyl (C=O) groups is 4. The van der Waals surface area contributed by atoms with Crippen LogP contribution in [0.1, 0.15) is 34.6 Å². The molecular weight excluding hydrogens is 364 g/mol. The first-order valence-corrected chi connectivity index (χ1v) is 8.20. The van der Waals surface area contributed by atoms with Crippen LogP contribution in [0.5, 0.6) is 11.5 Å². The van der Waals surface area contributed by atoms with E-state index in [0.717, 1.165) is 0 Å². The Hall–Kier alpha value is -3.94. The van der Waals surface area contributed by atoms with E-state index in [1.165, 1.54) is 50.5 Å². The Morgan fingerprint density at radius 3 is 1.39 bits per heavy atom. The number of hydrogen-bond donors (Lipinski definition) is 2. The zero-order chi connectivity index (χ0) is 20.5. The van der Waals surface area contributed by atoms with E-state index in [1.807, 2.05) is 0 Å². The third-order valence-corrected chi connectivity index (χ3v) is 3.28. The fraction of sp³-hybridized carbons (Fsp3) is 0.100. The van der Waals surface area contributed by atoms with Crippen LogP contribution in [-0.4, -0.2) is 23.8 Å². The summed E-state index contributed by atoms with van der Waals surface area (Å²) < 4.78 is 9.96. The molecular formula is C20H18N2O6. The second-order valence-corrected chi connectivity index (χ2v) is 5.46. The summed E-state index contributed by atoms with van der Waals surface area (Å²) in [6, 6.07) is 12.5. The van der Waals surface area contributed by atoms with E-state index in [-0.39, 0.29) is 22.6 Å². The van der Waals surface area contributed by atoms with Gasteiger partial charge in [-0.2, -0.15) is 0 Å². The maximum Gasteiger partial charge on any atom is 0.308 e. The van der Waals surface area contributed by atoms with Crippen molar-refractivity contribution in [1.82, 2.24) is 10.6 Å². The predicted molar refractivity (Wildman–Crippen MR) is 99.6 cm³/mol. The van der Waals surface area contributed by atoms with E-state index in [0.29, 0.717) is 0 Å². The Kier molecular flexibility index (Phi) is 7.04. The van der Waals surface area contributed by atoms with Gasteiger partial charge < -0.3 is 20.1 Å². The number of hydrogen-bond acceptors (Lipinski definition) is 6. The minimum atomic E-state index is -0.547. The van der Waals surface area contributed by atoms with E-state index in [1.54, 1.807) is 24.3 Å². The van der Waals surface area contributed by atoms with E-state index in [2.05, 4.69) is 10.6 Å². The summed E-state index contributed by atoms with van der Waals surface area (Å²) in [4.78, 5) is 46.6. The lowest BCUT2D eigenvalue weighted by atomic mass is 10.2. The SMILES string of the molecule is CC(=O)Oc1ccccc1C(=O)NC=CNC(=O)c1ccccc1OC(C)=O. The van der Waals surface area contributed by atoms with Gasteiger partial charge in [-0.3, -0.25) is 19.2 Å². The maximum atomic E-state index is 12.2. The van der Waals surface area contributed by atoms with E-state index in [9.17, 15) is 19.2 Å². The van der Waals surface area contributed by atoms with Crippen molar-refractivity contribution in [3.05, 3.63) is 72.1 Å². The Labute approximate surface area is 161 Å². The van der Waals surface area contributed by atoms with Crippen molar-refractivity contribution < 1.29 is 28.7 Å². The number of nitrogens with one attached hydrogen (secondary N) is 2. The lowest BCUT2D eigenvalue weighted by molar-refractivity contribution is -0.132. The summed E-state index contributed by atoms with van der Waals surface area (Å²) in [6.07, 6.45) is 2.44. The number of rotatable bonds is 6. The minimum absolute atomic E-state index is 0.125. The molecule has 8 heteroatoms. The third kappa shape index (κ3) is 5.80. The van der Waals surface area contributed by atoms with Gasteiger partial charge in [0.25, 0.3) is 11.8 Å². The first kappa shape index (κ1) is 20.4. The molecule has 0 spiro atoms. The highest BCUT2D eigenvalue weighted by molar-refractivity contribution is 5.99. The van der Waals surface area contributed by atoms with Crippen molar-refractivity contribution in [2.45, 2.75) is 13.8 Å². The minimum Gasteiger partial charge on any atom is -0.426 e. The van der Waals surface area contributed by atoms with Crippen molar-refractivity contribution in [2.24, 2.45) is 0 Å². The van der Waals surface area contributed by atoms with Crippen molar-refractivity contribution in [2.75, 3.05) is 0 Å². The lowest BCUT2D eigenvalue weighted by Gasteiger charge is -2.08. The Bertz CT molecular complexity index is 860. The molecule has 2 aromatic carbocycles. The predicted octanol–water partition coefficient (Wildman–Crippen LogP) is 2.17. The van der Waals surface area contributed by atoms with Crippen LogP contribution in [0, 0.1) is 0 Å². The molecule has 0 saturated heterocycles. The van der Waals surface area contributed by atoms with Crippen molar-refractivity contribution in [3.8, 4) is 11.5 Å². The molecule has 0 bridgehead atoms. The maximum absolute atomic E-state index is 12.2. The van der Waals surface area contributed by atoms with E-state index >= 15 is 0 Å². The summed E-state index contributed by atoms with van der Waals surface area (Å²) in [5.41, 5.74) is 0.322. The molecule has 0 aliphatic rings. The Morgan fingerprint density at radius 2 is 1.04 bits per heavy atom. The number of carbonyl (C=O) groups excluding carboxylic acids is 4. The van der Waals surface area contributed by atoms with Crippen LogP contribution in [0.4, 0.5) is 0 Å². The molecule has 28 heavy (non-hydrogen) atoms. The fourth-order valence-electron chi connectivity index (χ4n) is 2.19. The molecule has 0 unspecified atom stereocenters. The monoisotopic (exact) mass is 382 g/mol. The smallest absolute Gasteiger partial charge is 0.308 e. The molecule has 0 aliphatic carbocycles. The molecule has 2 N–H and O–H groups in total. The Morgan fingerprint density at radius 1 is 0.679 bits per heavy atom. The number of amides is 2. The summed E-state index contributed by atoms with van der Waals surface area (Å²) in [7, 11) is 0. The van der Waals surface area contributed by atoms with Gasteiger partial charge in [-0.05, 0) is 24.3 Å². The highest BCUT2D eigenvalue weighted by Crippen LogP contribution is 2.19. The molecule has 0 aromatic heterocycles. The van der Waals surface area contributed by atoms with Crippen LogP contribution in [0.3, 0.4) is 0 Å². The molecule has 144 valence electrons. The third-order valence-electron chi connectivity index (χ3n) is 3.28. The lowest BCUT2D eigenvalue weighted by Crippen LogP contribution is -2.22. The normalized spacial score (nSPS) is 10.2. The number of ether oxygens (including phenoxy) is 2. The van der Waals surface area contributed by atoms with Crippen LogP contribution >= 0.6 is 0 Å². The second kappa shape index (κ2) is 9.67. The second-order valence-electron chi connectivity index (χ2n) is 5.46. The zero-order valence-corrected chi connectivity index (χ0v) is 15.2. The van der Waals surface area contributed by atoms with Crippen LogP contribution in [0.15, 0.2) is 60.9 Å². The summed E-state index contributed by atoms with van der Waals surface area (Å²) in [6.45, 7) is 2.47. The number of esters is 2. The highest BCUT2D eigenvalue weighted by atomic mass is 16.5. The van der Waals surface area contributed by atoms with E-state index < -0.39 is 23.8 Å². The molecule has 0 fully saturated rings. The number of benzene rings is 2. The van der Waals surface area contributed by atoms with Gasteiger partial charge in [0, 0.05) is 26.2 Å². The molecule has 2 rings (SSSR count). The first-order chi connectivity index (χ1) is 13.4. The zero-order valence-electron chi connectivity index (χ0n) is 15.2. The number of para-hydroxylation sites is 2. The highest BCUT2D eigenvalue weighted by Gasteiger charge is 2.13. The van der Waals surface area contributed by atoms with Gasteiger partial charge in [0.2, 0.25) is 0 Å². The summed E-state index contributed by atoms with van der Waals surface area (Å²) in [5, 5.41) is 4.91. The van der Waals surface area contributed by atoms with Crippen molar-refractivity contribution >= 4 is 23.8 Å². The van der Waals surface area contributed by atoms with Gasteiger partial charge >= 0.3 is 11.9 Å². The molecule has 8 nitrogen and oxygen atoms in total. The van der Waals surface area contributed by atoms with Gasteiger partial charge in [0.05, 0.1) is 11.1 Å². The fourth-order valence-corrected chi connectivity index (χ4v) is 2.19. The largest absolute Gasteiger partial charge is 0.426 e.